The van der Waals surface area contributed by atoms with Gasteiger partial charge in [-0.05, 0) is 41.8 Å². The lowest BCUT2D eigenvalue weighted by atomic mass is 10.0. The molecule has 0 saturated carbocycles. The van der Waals surface area contributed by atoms with E-state index in [0.717, 1.165) is 42.9 Å². The van der Waals surface area contributed by atoms with Crippen LogP contribution in [0, 0.1) is 6.92 Å². The van der Waals surface area contributed by atoms with Crippen LogP contribution in [0.1, 0.15) is 30.0 Å². The summed E-state index contributed by atoms with van der Waals surface area (Å²) in [6.07, 6.45) is 0. The Morgan fingerprint density at radius 2 is 1.69 bits per heavy atom. The average Bonchev–Trinajstić information content (AvgIpc) is 3.33. The molecule has 2 heterocycles. The molecule has 35 heavy (non-hydrogen) atoms. The van der Waals surface area contributed by atoms with Crippen LogP contribution in [0.4, 0.5) is 0 Å². The van der Waals surface area contributed by atoms with Gasteiger partial charge in [0.1, 0.15) is 0 Å². The number of carbonyl (C=O) groups is 1. The van der Waals surface area contributed by atoms with Crippen LogP contribution in [0.25, 0.3) is 22.2 Å². The zero-order valence-corrected chi connectivity index (χ0v) is 20.3. The first-order valence-electron chi connectivity index (χ1n) is 12.2. The van der Waals surface area contributed by atoms with Crippen LogP contribution in [0.5, 0.6) is 0 Å². The molecule has 7 heteroatoms. The molecule has 1 saturated heterocycles. The molecule has 1 atom stereocenters. The summed E-state index contributed by atoms with van der Waals surface area (Å²) < 4.78 is 5.50. The first-order valence-corrected chi connectivity index (χ1v) is 12.2. The maximum absolute atomic E-state index is 12.7. The van der Waals surface area contributed by atoms with Crippen LogP contribution in [-0.4, -0.2) is 58.6 Å². The van der Waals surface area contributed by atoms with Gasteiger partial charge >= 0.3 is 0 Å². The minimum atomic E-state index is -0.0339. The van der Waals surface area contributed by atoms with Crippen LogP contribution >= 0.6 is 0 Å². The minimum Gasteiger partial charge on any atom is -0.348 e. The highest BCUT2D eigenvalue weighted by molar-refractivity contribution is 5.83. The maximum Gasteiger partial charge on any atom is 0.241 e. The third-order valence-electron chi connectivity index (χ3n) is 6.70. The van der Waals surface area contributed by atoms with Crippen molar-refractivity contribution in [3.8, 4) is 11.4 Å². The smallest absolute Gasteiger partial charge is 0.241 e. The van der Waals surface area contributed by atoms with E-state index in [2.05, 4.69) is 55.6 Å². The van der Waals surface area contributed by atoms with Crippen molar-refractivity contribution in [3.05, 3.63) is 83.7 Å². The molecule has 3 aromatic carbocycles. The number of fused-ring (bicyclic) bond motifs is 1. The van der Waals surface area contributed by atoms with E-state index in [1.807, 2.05) is 50.2 Å². The SMILES string of the molecule is Cc1ccccc1-c1noc(CN2CCN(CC(=O)NC(C)c3ccc4ccccc4c3)CC2)n1. The fourth-order valence-electron chi connectivity index (χ4n) is 4.60. The summed E-state index contributed by atoms with van der Waals surface area (Å²) in [4.78, 5) is 21.8. The Balaban J connectivity index is 1.09. The first kappa shape index (κ1) is 23.2. The number of piperazine rings is 1. The van der Waals surface area contributed by atoms with Gasteiger partial charge in [0.15, 0.2) is 0 Å². The largest absolute Gasteiger partial charge is 0.348 e. The molecule has 1 aliphatic heterocycles. The molecular formula is C28H31N5O2. The Bertz CT molecular complexity index is 1310. The highest BCUT2D eigenvalue weighted by Gasteiger charge is 2.22. The normalized spacial score (nSPS) is 15.8. The third-order valence-corrected chi connectivity index (χ3v) is 6.70. The second kappa shape index (κ2) is 10.4. The summed E-state index contributed by atoms with van der Waals surface area (Å²) in [6.45, 7) is 8.48. The van der Waals surface area contributed by atoms with Gasteiger partial charge in [-0.2, -0.15) is 4.98 Å². The van der Waals surface area contributed by atoms with Gasteiger partial charge in [-0.25, -0.2) is 0 Å². The van der Waals surface area contributed by atoms with Crippen LogP contribution in [0.2, 0.25) is 0 Å². The van der Waals surface area contributed by atoms with E-state index in [0.29, 0.717) is 24.8 Å². The first-order chi connectivity index (χ1) is 17.0. The molecule has 0 spiro atoms. The van der Waals surface area contributed by atoms with Crippen molar-refractivity contribution in [1.29, 1.82) is 0 Å². The molecule has 1 N–H and O–H groups in total. The molecule has 0 bridgehead atoms. The zero-order chi connectivity index (χ0) is 24.2. The van der Waals surface area contributed by atoms with Crippen LogP contribution in [0.3, 0.4) is 0 Å². The number of carbonyl (C=O) groups excluding carboxylic acids is 1. The number of nitrogens with zero attached hydrogens (tertiary/aromatic N) is 4. The molecule has 1 aromatic heterocycles. The molecule has 7 nitrogen and oxygen atoms in total. The number of benzene rings is 3. The van der Waals surface area contributed by atoms with Crippen molar-refractivity contribution in [1.82, 2.24) is 25.3 Å². The van der Waals surface area contributed by atoms with E-state index in [1.165, 1.54) is 10.8 Å². The summed E-state index contributed by atoms with van der Waals surface area (Å²) in [5, 5.41) is 9.71. The van der Waals surface area contributed by atoms with E-state index < -0.39 is 0 Å². The fraction of sp³-hybridized carbons (Fsp3) is 0.321. The van der Waals surface area contributed by atoms with Crippen LogP contribution in [0.15, 0.2) is 71.3 Å². The quantitative estimate of drug-likeness (QED) is 0.437. The number of aryl methyl sites for hydroxylation is 1. The van der Waals surface area contributed by atoms with Crippen molar-refractivity contribution >= 4 is 16.7 Å². The van der Waals surface area contributed by atoms with Crippen molar-refractivity contribution in [3.63, 3.8) is 0 Å². The highest BCUT2D eigenvalue weighted by atomic mass is 16.5. The Hall–Kier alpha value is -3.55. The summed E-state index contributed by atoms with van der Waals surface area (Å²) in [5.41, 5.74) is 3.24. The van der Waals surface area contributed by atoms with Crippen molar-refractivity contribution < 1.29 is 9.32 Å². The monoisotopic (exact) mass is 469 g/mol. The molecule has 180 valence electrons. The van der Waals surface area contributed by atoms with Crippen LogP contribution < -0.4 is 5.32 Å². The van der Waals surface area contributed by atoms with Crippen molar-refractivity contribution in [2.24, 2.45) is 0 Å². The Kier molecular flexibility index (Phi) is 6.88. The summed E-state index contributed by atoms with van der Waals surface area (Å²) in [5.74, 6) is 1.31. The Labute approximate surface area is 205 Å². The molecule has 5 rings (SSSR count). The van der Waals surface area contributed by atoms with Gasteiger partial charge in [-0.15, -0.1) is 0 Å². The predicted molar refractivity (Wildman–Crippen MR) is 137 cm³/mol. The topological polar surface area (TPSA) is 74.5 Å². The van der Waals surface area contributed by atoms with E-state index >= 15 is 0 Å². The number of hydrogen-bond donors (Lipinski definition) is 1. The van der Waals surface area contributed by atoms with Gasteiger partial charge in [0.25, 0.3) is 0 Å². The standard InChI is InChI=1S/C28H31N5O2/c1-20-7-3-6-10-25(20)28-30-27(35-31-28)19-33-15-13-32(14-16-33)18-26(34)29-21(2)23-12-11-22-8-4-5-9-24(22)17-23/h3-12,17,21H,13-16,18-19H2,1-2H3,(H,29,34). The number of amides is 1. The van der Waals surface area contributed by atoms with E-state index in [1.54, 1.807) is 0 Å². The van der Waals surface area contributed by atoms with Gasteiger partial charge in [-0.3, -0.25) is 14.6 Å². The van der Waals surface area contributed by atoms with Crippen LogP contribution in [-0.2, 0) is 11.3 Å². The predicted octanol–water partition coefficient (Wildman–Crippen LogP) is 4.19. The molecule has 1 fully saturated rings. The number of hydrogen-bond acceptors (Lipinski definition) is 6. The van der Waals surface area contributed by atoms with E-state index in [-0.39, 0.29) is 11.9 Å². The lowest BCUT2D eigenvalue weighted by molar-refractivity contribution is -0.123. The van der Waals surface area contributed by atoms with Gasteiger partial charge < -0.3 is 9.84 Å². The molecule has 1 aliphatic rings. The van der Waals surface area contributed by atoms with Crippen molar-refractivity contribution in [2.45, 2.75) is 26.4 Å². The zero-order valence-electron chi connectivity index (χ0n) is 20.3. The average molecular weight is 470 g/mol. The van der Waals surface area contributed by atoms with Gasteiger partial charge in [0.05, 0.1) is 19.1 Å². The van der Waals surface area contributed by atoms with Gasteiger partial charge in [-0.1, -0.05) is 65.8 Å². The minimum absolute atomic E-state index is 0.0339. The fourth-order valence-corrected chi connectivity index (χ4v) is 4.60. The number of aromatic nitrogens is 2. The molecule has 0 radical (unpaired) electrons. The van der Waals surface area contributed by atoms with Crippen molar-refractivity contribution in [2.75, 3.05) is 32.7 Å². The Morgan fingerprint density at radius 1 is 0.971 bits per heavy atom. The van der Waals surface area contributed by atoms with Gasteiger partial charge in [0.2, 0.25) is 17.6 Å². The molecule has 4 aromatic rings. The number of nitrogens with one attached hydrogen (secondary N) is 1. The molecular weight excluding hydrogens is 438 g/mol. The number of rotatable bonds is 7. The molecule has 1 amide bonds. The summed E-state index contributed by atoms with van der Waals surface area (Å²) in [7, 11) is 0. The summed E-state index contributed by atoms with van der Waals surface area (Å²) >= 11 is 0. The van der Waals surface area contributed by atoms with E-state index in [9.17, 15) is 4.79 Å². The van der Waals surface area contributed by atoms with Gasteiger partial charge in [0, 0.05) is 31.7 Å². The van der Waals surface area contributed by atoms with E-state index in [4.69, 9.17) is 4.52 Å². The highest BCUT2D eigenvalue weighted by Crippen LogP contribution is 2.21. The lowest BCUT2D eigenvalue weighted by Gasteiger charge is -2.33. The third kappa shape index (κ3) is 5.58. The summed E-state index contributed by atoms with van der Waals surface area (Å²) in [6, 6.07) is 22.6. The molecule has 1 unspecified atom stereocenters. The lowest BCUT2D eigenvalue weighted by Crippen LogP contribution is -2.49. The second-order valence-corrected chi connectivity index (χ2v) is 9.27. The maximum atomic E-state index is 12.7. The molecule has 0 aliphatic carbocycles. The second-order valence-electron chi connectivity index (χ2n) is 9.27. The Morgan fingerprint density at radius 3 is 2.49 bits per heavy atom.